The number of ether oxygens (including phenoxy) is 1. The SMILES string of the molecule is CC1CCN(S(=O)(=O)c2ccc(NC(=S)NC[C@@H]3CCCO3)cc2)CC1. The first-order chi connectivity index (χ1) is 12.4. The Hall–Kier alpha value is -1.22. The number of anilines is 1. The van der Waals surface area contributed by atoms with Gasteiger partial charge in [0.25, 0.3) is 0 Å². The van der Waals surface area contributed by atoms with Crippen molar-refractivity contribution in [1.82, 2.24) is 9.62 Å². The van der Waals surface area contributed by atoms with E-state index in [4.69, 9.17) is 17.0 Å². The molecular formula is C18H27N3O3S2. The maximum absolute atomic E-state index is 12.7. The summed E-state index contributed by atoms with van der Waals surface area (Å²) in [7, 11) is -3.41. The quantitative estimate of drug-likeness (QED) is 0.744. The van der Waals surface area contributed by atoms with E-state index in [1.807, 2.05) is 0 Å². The van der Waals surface area contributed by atoms with Crippen LogP contribution in [0, 0.1) is 5.92 Å². The number of hydrogen-bond acceptors (Lipinski definition) is 4. The Morgan fingerprint density at radius 2 is 1.92 bits per heavy atom. The van der Waals surface area contributed by atoms with Crippen molar-refractivity contribution in [3.63, 3.8) is 0 Å². The van der Waals surface area contributed by atoms with E-state index < -0.39 is 10.0 Å². The molecule has 2 aliphatic rings. The lowest BCUT2D eigenvalue weighted by Gasteiger charge is -2.29. The molecule has 144 valence electrons. The highest BCUT2D eigenvalue weighted by molar-refractivity contribution is 7.89. The Balaban J connectivity index is 1.54. The van der Waals surface area contributed by atoms with Crippen molar-refractivity contribution >= 4 is 33.0 Å². The fourth-order valence-electron chi connectivity index (χ4n) is 3.27. The monoisotopic (exact) mass is 397 g/mol. The fraction of sp³-hybridized carbons (Fsp3) is 0.611. The van der Waals surface area contributed by atoms with E-state index in [0.29, 0.717) is 35.6 Å². The minimum absolute atomic E-state index is 0.217. The first kappa shape index (κ1) is 19.5. The van der Waals surface area contributed by atoms with Crippen LogP contribution in [0.5, 0.6) is 0 Å². The average molecular weight is 398 g/mol. The van der Waals surface area contributed by atoms with Crippen molar-refractivity contribution in [1.29, 1.82) is 0 Å². The van der Waals surface area contributed by atoms with Gasteiger partial charge in [0, 0.05) is 31.9 Å². The van der Waals surface area contributed by atoms with Gasteiger partial charge in [-0.15, -0.1) is 0 Å². The maximum Gasteiger partial charge on any atom is 0.243 e. The predicted octanol–water partition coefficient (Wildman–Crippen LogP) is 2.57. The first-order valence-electron chi connectivity index (χ1n) is 9.22. The lowest BCUT2D eigenvalue weighted by molar-refractivity contribution is 0.114. The Kier molecular flexibility index (Phi) is 6.50. The molecule has 1 aromatic rings. The summed E-state index contributed by atoms with van der Waals surface area (Å²) in [5, 5.41) is 6.74. The third-order valence-corrected chi connectivity index (χ3v) is 7.17. The molecule has 0 aliphatic carbocycles. The largest absolute Gasteiger partial charge is 0.376 e. The molecule has 0 aromatic heterocycles. The summed E-state index contributed by atoms with van der Waals surface area (Å²) in [6, 6.07) is 6.77. The zero-order valence-corrected chi connectivity index (χ0v) is 16.7. The van der Waals surface area contributed by atoms with Gasteiger partial charge >= 0.3 is 0 Å². The molecule has 3 rings (SSSR count). The normalized spacial score (nSPS) is 22.3. The van der Waals surface area contributed by atoms with Gasteiger partial charge in [0.2, 0.25) is 10.0 Å². The van der Waals surface area contributed by atoms with Crippen molar-refractivity contribution < 1.29 is 13.2 Å². The Labute approximate surface area is 161 Å². The van der Waals surface area contributed by atoms with Crippen LogP contribution in [0.1, 0.15) is 32.6 Å². The van der Waals surface area contributed by atoms with Gasteiger partial charge in [-0.2, -0.15) is 4.31 Å². The molecule has 1 atom stereocenters. The summed E-state index contributed by atoms with van der Waals surface area (Å²) >= 11 is 5.29. The Morgan fingerprint density at radius 3 is 2.54 bits per heavy atom. The van der Waals surface area contributed by atoms with E-state index >= 15 is 0 Å². The van der Waals surface area contributed by atoms with Crippen LogP contribution in [-0.4, -0.2) is 50.2 Å². The molecule has 0 unspecified atom stereocenters. The predicted molar refractivity (Wildman–Crippen MR) is 107 cm³/mol. The number of benzene rings is 1. The van der Waals surface area contributed by atoms with Crippen LogP contribution < -0.4 is 10.6 Å². The molecule has 2 aliphatic heterocycles. The number of nitrogens with zero attached hydrogens (tertiary/aromatic N) is 1. The minimum Gasteiger partial charge on any atom is -0.376 e. The molecule has 1 aromatic carbocycles. The molecule has 26 heavy (non-hydrogen) atoms. The van der Waals surface area contributed by atoms with E-state index in [1.54, 1.807) is 28.6 Å². The molecule has 2 saturated heterocycles. The second-order valence-corrected chi connectivity index (χ2v) is 9.43. The van der Waals surface area contributed by atoms with Gasteiger partial charge in [0.05, 0.1) is 11.0 Å². The lowest BCUT2D eigenvalue weighted by atomic mass is 10.0. The summed E-state index contributed by atoms with van der Waals surface area (Å²) in [6.45, 7) is 4.87. The summed E-state index contributed by atoms with van der Waals surface area (Å²) in [5.41, 5.74) is 0.765. The number of hydrogen-bond donors (Lipinski definition) is 2. The van der Waals surface area contributed by atoms with E-state index in [-0.39, 0.29) is 6.10 Å². The molecule has 6 nitrogen and oxygen atoms in total. The summed E-state index contributed by atoms with van der Waals surface area (Å²) in [4.78, 5) is 0.329. The average Bonchev–Trinajstić information content (AvgIpc) is 3.14. The van der Waals surface area contributed by atoms with Gasteiger partial charge in [-0.05, 0) is 68.1 Å². The second-order valence-electron chi connectivity index (χ2n) is 7.08. The number of piperidine rings is 1. The second kappa shape index (κ2) is 8.65. The zero-order chi connectivity index (χ0) is 18.6. The van der Waals surface area contributed by atoms with Crippen molar-refractivity contribution in [3.05, 3.63) is 24.3 Å². The van der Waals surface area contributed by atoms with Gasteiger partial charge in [-0.25, -0.2) is 8.42 Å². The minimum atomic E-state index is -3.41. The van der Waals surface area contributed by atoms with E-state index in [1.165, 1.54) is 0 Å². The Bertz CT molecular complexity index is 708. The highest BCUT2D eigenvalue weighted by Crippen LogP contribution is 2.24. The maximum atomic E-state index is 12.7. The lowest BCUT2D eigenvalue weighted by Crippen LogP contribution is -2.37. The van der Waals surface area contributed by atoms with Crippen LogP contribution >= 0.6 is 12.2 Å². The molecule has 2 heterocycles. The molecule has 0 spiro atoms. The van der Waals surface area contributed by atoms with Crippen molar-refractivity contribution in [3.8, 4) is 0 Å². The van der Waals surface area contributed by atoms with Gasteiger partial charge in [-0.3, -0.25) is 0 Å². The zero-order valence-electron chi connectivity index (χ0n) is 15.1. The van der Waals surface area contributed by atoms with Crippen molar-refractivity contribution in [2.75, 3.05) is 31.6 Å². The van der Waals surface area contributed by atoms with Crippen LogP contribution in [0.4, 0.5) is 5.69 Å². The van der Waals surface area contributed by atoms with Crippen LogP contribution in [0.25, 0.3) is 0 Å². The highest BCUT2D eigenvalue weighted by atomic mass is 32.2. The molecule has 8 heteroatoms. The summed E-state index contributed by atoms with van der Waals surface area (Å²) in [6.07, 6.45) is 4.21. The van der Waals surface area contributed by atoms with Crippen molar-refractivity contribution in [2.24, 2.45) is 5.92 Å². The number of rotatable bonds is 5. The van der Waals surface area contributed by atoms with E-state index in [2.05, 4.69) is 17.6 Å². The van der Waals surface area contributed by atoms with Gasteiger partial charge in [-0.1, -0.05) is 6.92 Å². The molecule has 2 N–H and O–H groups in total. The first-order valence-corrected chi connectivity index (χ1v) is 11.1. The smallest absolute Gasteiger partial charge is 0.243 e. The molecule has 2 fully saturated rings. The van der Waals surface area contributed by atoms with E-state index in [0.717, 1.165) is 38.0 Å². The summed E-state index contributed by atoms with van der Waals surface area (Å²) < 4.78 is 32.6. The third kappa shape index (κ3) is 4.94. The fourth-order valence-corrected chi connectivity index (χ4v) is 4.94. The molecule has 0 bridgehead atoms. The Morgan fingerprint density at radius 1 is 1.23 bits per heavy atom. The van der Waals surface area contributed by atoms with Crippen LogP contribution in [-0.2, 0) is 14.8 Å². The van der Waals surface area contributed by atoms with Crippen LogP contribution in [0.15, 0.2) is 29.2 Å². The van der Waals surface area contributed by atoms with Gasteiger partial charge < -0.3 is 15.4 Å². The number of nitrogens with one attached hydrogen (secondary N) is 2. The highest BCUT2D eigenvalue weighted by Gasteiger charge is 2.27. The summed E-state index contributed by atoms with van der Waals surface area (Å²) in [5.74, 6) is 0.594. The molecule has 0 saturated carbocycles. The van der Waals surface area contributed by atoms with E-state index in [9.17, 15) is 8.42 Å². The topological polar surface area (TPSA) is 70.7 Å². The number of thiocarbonyl (C=S) groups is 1. The third-order valence-electron chi connectivity index (χ3n) is 5.01. The van der Waals surface area contributed by atoms with Gasteiger partial charge in [0.15, 0.2) is 5.11 Å². The number of sulfonamides is 1. The molecule has 0 amide bonds. The molecular weight excluding hydrogens is 370 g/mol. The standard InChI is InChI=1S/C18H27N3O3S2/c1-14-8-10-21(11-9-14)26(22,23)17-6-4-15(5-7-17)20-18(25)19-13-16-3-2-12-24-16/h4-7,14,16H,2-3,8-13H2,1H3,(H2,19,20,25)/t16-/m0/s1. The van der Waals surface area contributed by atoms with Gasteiger partial charge in [0.1, 0.15) is 0 Å². The van der Waals surface area contributed by atoms with Crippen molar-refractivity contribution in [2.45, 2.75) is 43.6 Å². The van der Waals surface area contributed by atoms with Crippen LogP contribution in [0.2, 0.25) is 0 Å². The molecule has 0 radical (unpaired) electrons. The van der Waals surface area contributed by atoms with Crippen LogP contribution in [0.3, 0.4) is 0 Å².